The van der Waals surface area contributed by atoms with Gasteiger partial charge >= 0.3 is 5.51 Å². The van der Waals surface area contributed by atoms with Gasteiger partial charge in [-0.1, -0.05) is 54.4 Å². The molecule has 5 aromatic carbocycles. The molecule has 0 spiro atoms. The van der Waals surface area contributed by atoms with Crippen LogP contribution < -0.4 is 30.5 Å². The second-order valence-electron chi connectivity index (χ2n) is 26.3. The van der Waals surface area contributed by atoms with Crippen LogP contribution in [0.4, 0.5) is 40.3 Å². The Balaban J connectivity index is 0.671. The van der Waals surface area contributed by atoms with Crippen LogP contribution in [-0.4, -0.2) is 195 Å². The molecule has 0 unspecified atom stereocenters. The van der Waals surface area contributed by atoms with Gasteiger partial charge in [0.2, 0.25) is 11.8 Å². The molecule has 3 atom stereocenters. The third-order valence-corrected chi connectivity index (χ3v) is 23.6. The smallest absolute Gasteiger partial charge is 0.380 e. The minimum atomic E-state index is -6.10. The summed E-state index contributed by atoms with van der Waals surface area (Å²) in [5, 5.41) is 9.27. The second-order valence-corrected chi connectivity index (χ2v) is 31.4. The fraction of sp³-hybridized carbons (Fsp3) is 0.493. The Morgan fingerprint density at radius 2 is 1.48 bits per heavy atom. The molecule has 512 valence electrons. The third-order valence-electron chi connectivity index (χ3n) is 19.3. The number of carbonyl (C=O) groups is 3. The van der Waals surface area contributed by atoms with Crippen LogP contribution in [0.3, 0.4) is 0 Å². The summed E-state index contributed by atoms with van der Waals surface area (Å²) in [5.41, 5.74) is -0.136. The number of sulfonamides is 1. The number of anilines is 4. The molecule has 4 N–H and O–H groups in total. The highest BCUT2D eigenvalue weighted by Crippen LogP contribution is 2.45. The van der Waals surface area contributed by atoms with Gasteiger partial charge in [-0.2, -0.15) is 13.2 Å². The summed E-state index contributed by atoms with van der Waals surface area (Å²) in [6.07, 6.45) is 7.12. The first-order chi connectivity index (χ1) is 45.5. The molecule has 26 heteroatoms. The topological polar surface area (TPSA) is 196 Å². The van der Waals surface area contributed by atoms with Crippen molar-refractivity contribution in [2.45, 2.75) is 97.0 Å². The number of thioether (sulfide) groups is 1. The van der Waals surface area contributed by atoms with Gasteiger partial charge in [0.05, 0.1) is 22.9 Å². The molecule has 0 bridgehead atoms. The van der Waals surface area contributed by atoms with Crippen molar-refractivity contribution >= 4 is 89.3 Å². The molecule has 18 nitrogen and oxygen atoms in total. The number of ether oxygens (including phenoxy) is 1. The number of amides is 3. The lowest BCUT2D eigenvalue weighted by molar-refractivity contribution is -0.133. The van der Waals surface area contributed by atoms with Crippen LogP contribution in [0, 0.1) is 17.2 Å². The minimum Gasteiger partial charge on any atom is -0.380 e. The van der Waals surface area contributed by atoms with E-state index < -0.39 is 58.8 Å². The van der Waals surface area contributed by atoms with Crippen LogP contribution in [0.25, 0.3) is 5.57 Å². The number of benzene rings is 5. The maximum Gasteiger partial charge on any atom is 0.501 e. The number of nitrogens with one attached hydrogen (secondary N) is 4. The number of alkyl halides is 3. The lowest BCUT2D eigenvalue weighted by Crippen LogP contribution is -2.50. The predicted molar refractivity (Wildman–Crippen MR) is 365 cm³/mol. The summed E-state index contributed by atoms with van der Waals surface area (Å²) in [5.74, 6) is -1.05. The number of sulfone groups is 1. The molecule has 5 heterocycles. The summed E-state index contributed by atoms with van der Waals surface area (Å²) >= 11 is 7.84. The first-order valence-corrected chi connectivity index (χ1v) is 37.3. The van der Waals surface area contributed by atoms with Crippen molar-refractivity contribution in [3.63, 3.8) is 0 Å². The standard InChI is InChI=1S/C69H85ClF4N10O8S3/c1-68(48-82-28-23-49(24-29-82)45-80-33-37-84(38-34-80)63-42-54(14-18-60(63)71)75-62-20-21-65(85)77-67(62)87)26-22-59(50-8-12-53(70)13-9-50)52(44-68)46-81-31-35-83(36-32-81)56-15-10-51(11-16-56)66(86)78-95(90,91)58-17-19-61(64(43-58)94(88,89)69(72,73)74)76-55(47-93-57-6-3-2-4-7-57)25-30-79-27-5-40-92-41-39-79/h2-4,6-19,42-43,49,55,62,75-76H,5,20-41,44-48H2,1H3,(H,78,86)(H,77,85,87)/t55-,62+,68-/m1/s1. The fourth-order valence-electron chi connectivity index (χ4n) is 14.0. The van der Waals surface area contributed by atoms with Crippen LogP contribution >= 0.6 is 23.4 Å². The fourth-order valence-corrected chi connectivity index (χ4v) is 17.1. The zero-order chi connectivity index (χ0) is 66.9. The van der Waals surface area contributed by atoms with Crippen molar-refractivity contribution < 1.29 is 53.5 Å². The van der Waals surface area contributed by atoms with E-state index in [-0.39, 0.29) is 35.0 Å². The number of piperidine rings is 2. The summed E-state index contributed by atoms with van der Waals surface area (Å²) in [6.45, 7) is 16.5. The molecule has 11 rings (SSSR count). The van der Waals surface area contributed by atoms with Gasteiger partial charge in [0.15, 0.2) is 0 Å². The van der Waals surface area contributed by atoms with E-state index in [1.807, 2.05) is 47.2 Å². The molecule has 1 aliphatic carbocycles. The number of carbonyl (C=O) groups excluding carboxylic acids is 3. The van der Waals surface area contributed by atoms with Crippen LogP contribution in [0.15, 0.2) is 136 Å². The second kappa shape index (κ2) is 31.1. The van der Waals surface area contributed by atoms with Gasteiger partial charge in [-0.05, 0) is 172 Å². The Hall–Kier alpha value is -6.29. The Kier molecular flexibility index (Phi) is 22.9. The quantitative estimate of drug-likeness (QED) is 0.0274. The van der Waals surface area contributed by atoms with Gasteiger partial charge in [0.25, 0.3) is 25.8 Å². The van der Waals surface area contributed by atoms with Crippen molar-refractivity contribution in [2.75, 3.05) is 144 Å². The number of hydrogen-bond acceptors (Lipinski definition) is 17. The highest BCUT2D eigenvalue weighted by atomic mass is 35.5. The normalized spacial score (nSPS) is 21.7. The van der Waals surface area contributed by atoms with E-state index in [9.17, 15) is 44.4 Å². The zero-order valence-corrected chi connectivity index (χ0v) is 56.8. The number of likely N-dealkylation sites (tertiary alicyclic amines) is 1. The molecule has 3 amide bonds. The monoisotopic (exact) mass is 1390 g/mol. The highest BCUT2D eigenvalue weighted by molar-refractivity contribution is 7.99. The van der Waals surface area contributed by atoms with Gasteiger partial charge in [-0.3, -0.25) is 29.5 Å². The average molecular weight is 1390 g/mol. The van der Waals surface area contributed by atoms with Crippen molar-refractivity contribution in [3.8, 4) is 0 Å². The van der Waals surface area contributed by atoms with Gasteiger partial charge in [-0.15, -0.1) is 11.8 Å². The summed E-state index contributed by atoms with van der Waals surface area (Å²) in [6, 6.07) is 30.2. The van der Waals surface area contributed by atoms with Gasteiger partial charge in [-0.25, -0.2) is 25.9 Å². The number of rotatable bonds is 23. The lowest BCUT2D eigenvalue weighted by Gasteiger charge is -2.44. The van der Waals surface area contributed by atoms with Gasteiger partial charge < -0.3 is 35.0 Å². The zero-order valence-electron chi connectivity index (χ0n) is 53.6. The number of nitrogens with zero attached hydrogens (tertiary/aromatic N) is 6. The molecule has 0 saturated carbocycles. The molecule has 5 saturated heterocycles. The molecule has 5 fully saturated rings. The van der Waals surface area contributed by atoms with Crippen molar-refractivity contribution in [1.82, 2.24) is 29.6 Å². The molecule has 5 aliphatic heterocycles. The molecular weight excluding hydrogens is 1300 g/mol. The van der Waals surface area contributed by atoms with E-state index >= 15 is 4.39 Å². The molecule has 95 heavy (non-hydrogen) atoms. The minimum absolute atomic E-state index is 0.0205. The number of piperazine rings is 2. The maximum atomic E-state index is 15.2. The van der Waals surface area contributed by atoms with E-state index in [4.69, 9.17) is 16.3 Å². The largest absolute Gasteiger partial charge is 0.501 e. The Bertz CT molecular complexity index is 3750. The van der Waals surface area contributed by atoms with Crippen LogP contribution in [0.5, 0.6) is 0 Å². The van der Waals surface area contributed by atoms with Gasteiger partial charge in [0.1, 0.15) is 16.8 Å². The summed E-state index contributed by atoms with van der Waals surface area (Å²) in [7, 11) is -11.0. The third kappa shape index (κ3) is 18.3. The first kappa shape index (κ1) is 70.0. The van der Waals surface area contributed by atoms with E-state index in [0.717, 1.165) is 127 Å². The lowest BCUT2D eigenvalue weighted by atomic mass is 9.71. The van der Waals surface area contributed by atoms with E-state index in [2.05, 4.69) is 64.4 Å². The van der Waals surface area contributed by atoms with Crippen molar-refractivity contribution in [3.05, 3.63) is 143 Å². The molecule has 0 aromatic heterocycles. The molecule has 0 radical (unpaired) electrons. The molecule has 5 aromatic rings. The SMILES string of the molecule is C[C@@]1(CN2CCC(CN3CCN(c4cc(N[C@H]5CCC(=O)NC5=O)ccc4F)CC3)CC2)CCC(c2ccc(Cl)cc2)=C(CN2CCN(c3ccc(C(=O)NS(=O)(=O)c4ccc(N[C@H](CCN5CCCOCC5)CSc5ccccc5)c(S(=O)(=O)C(F)(F)F)c4)cc3)CC2)C1. The highest BCUT2D eigenvalue weighted by Gasteiger charge is 2.49. The van der Waals surface area contributed by atoms with Crippen LogP contribution in [0.1, 0.15) is 80.6 Å². The maximum absolute atomic E-state index is 15.2. The van der Waals surface area contributed by atoms with Crippen molar-refractivity contribution in [1.29, 1.82) is 0 Å². The van der Waals surface area contributed by atoms with Crippen LogP contribution in [-0.2, 0) is 34.2 Å². The predicted octanol–water partition coefficient (Wildman–Crippen LogP) is 10.1. The number of hydrogen-bond donors (Lipinski definition) is 4. The van der Waals surface area contributed by atoms with E-state index in [1.165, 1.54) is 46.7 Å². The average Bonchev–Trinajstić information content (AvgIpc) is 0.818. The van der Waals surface area contributed by atoms with E-state index in [1.54, 1.807) is 24.3 Å². The molecule has 6 aliphatic rings. The summed E-state index contributed by atoms with van der Waals surface area (Å²) < 4.78 is 120. The van der Waals surface area contributed by atoms with Gasteiger partial charge in [0, 0.05) is 143 Å². The number of allylic oxidation sites excluding steroid dienone is 1. The Labute approximate surface area is 564 Å². The summed E-state index contributed by atoms with van der Waals surface area (Å²) in [4.78, 5) is 50.6. The van der Waals surface area contributed by atoms with Crippen LogP contribution in [0.2, 0.25) is 5.02 Å². The Morgan fingerprint density at radius 3 is 2.20 bits per heavy atom. The van der Waals surface area contributed by atoms with Crippen molar-refractivity contribution in [2.24, 2.45) is 11.3 Å². The Morgan fingerprint density at radius 1 is 0.768 bits per heavy atom. The first-order valence-electron chi connectivity index (χ1n) is 32.9. The molecular formula is C69H85ClF4N10O8S3. The number of halogens is 5. The van der Waals surface area contributed by atoms with E-state index in [0.29, 0.717) is 99.5 Å². The number of imide groups is 1.